The van der Waals surface area contributed by atoms with Crippen LogP contribution in [-0.2, 0) is 13.3 Å². The second-order valence-electron chi connectivity index (χ2n) is 7.60. The molecule has 0 aliphatic carbocycles. The van der Waals surface area contributed by atoms with Gasteiger partial charge in [-0.15, -0.1) is 0 Å². The quantitative estimate of drug-likeness (QED) is 0.106. The summed E-state index contributed by atoms with van der Waals surface area (Å²) in [4.78, 5) is 0. The summed E-state index contributed by atoms with van der Waals surface area (Å²) >= 11 is 0. The van der Waals surface area contributed by atoms with Crippen LogP contribution < -0.4 is 0 Å². The molecule has 0 atom stereocenters. The molecular weight excluding hydrogens is 376 g/mol. The molecule has 0 spiro atoms. The lowest BCUT2D eigenvalue weighted by Crippen LogP contribution is -2.45. The van der Waals surface area contributed by atoms with Crippen LogP contribution >= 0.6 is 0 Å². The number of hydrogen-bond acceptors (Lipinski definition) is 3. The zero-order chi connectivity index (χ0) is 21.5. The Morgan fingerprint density at radius 2 is 0.931 bits per heavy atom. The predicted octanol–water partition coefficient (Wildman–Crippen LogP) is 7.94. The van der Waals surface area contributed by atoms with Crippen LogP contribution in [0, 0.1) is 0 Å². The van der Waals surface area contributed by atoms with Gasteiger partial charge in [-0.3, -0.25) is 0 Å². The van der Waals surface area contributed by atoms with Gasteiger partial charge >= 0.3 is 8.80 Å². The SMILES string of the molecule is CC=CC=CC=C[Si](OCCCCCC)(OCCCCCC)OCCCCCC. The average molecular weight is 425 g/mol. The Hall–Kier alpha value is -0.683. The second-order valence-corrected chi connectivity index (χ2v) is 10.0. The zero-order valence-electron chi connectivity index (χ0n) is 19.8. The molecule has 0 N–H and O–H groups in total. The van der Waals surface area contributed by atoms with E-state index in [9.17, 15) is 0 Å². The van der Waals surface area contributed by atoms with Crippen molar-refractivity contribution in [2.45, 2.75) is 105 Å². The van der Waals surface area contributed by atoms with E-state index in [1.54, 1.807) is 0 Å². The van der Waals surface area contributed by atoms with Crippen LogP contribution in [0.25, 0.3) is 0 Å². The molecule has 29 heavy (non-hydrogen) atoms. The van der Waals surface area contributed by atoms with Gasteiger partial charge in [-0.05, 0) is 31.9 Å². The van der Waals surface area contributed by atoms with E-state index in [1.165, 1.54) is 57.8 Å². The molecule has 170 valence electrons. The predicted molar refractivity (Wildman–Crippen MR) is 129 cm³/mol. The van der Waals surface area contributed by atoms with E-state index in [4.69, 9.17) is 13.3 Å². The van der Waals surface area contributed by atoms with Gasteiger partial charge in [0.25, 0.3) is 0 Å². The third kappa shape index (κ3) is 17.9. The highest BCUT2D eigenvalue weighted by Gasteiger charge is 2.38. The third-order valence-electron chi connectivity index (χ3n) is 4.73. The fourth-order valence-corrected chi connectivity index (χ4v) is 5.08. The van der Waals surface area contributed by atoms with Crippen LogP contribution in [0.2, 0.25) is 0 Å². The lowest BCUT2D eigenvalue weighted by atomic mass is 10.2. The van der Waals surface area contributed by atoms with Crippen molar-refractivity contribution in [1.29, 1.82) is 0 Å². The van der Waals surface area contributed by atoms with Crippen molar-refractivity contribution in [3.63, 3.8) is 0 Å². The molecule has 0 aromatic heterocycles. The van der Waals surface area contributed by atoms with Crippen LogP contribution in [0.5, 0.6) is 0 Å². The first-order valence-electron chi connectivity index (χ1n) is 12.1. The van der Waals surface area contributed by atoms with Crippen molar-refractivity contribution >= 4 is 8.80 Å². The standard InChI is InChI=1S/C25H48O3Si/c1-5-9-13-17-21-25-29(26-22-18-14-10-6-2,27-23-19-15-11-7-3)28-24-20-16-12-8-4/h5,9,13,17,21,25H,6-8,10-12,14-16,18-20,22-24H2,1-4H3. The molecule has 0 fully saturated rings. The van der Waals surface area contributed by atoms with E-state index >= 15 is 0 Å². The minimum absolute atomic E-state index is 0.721. The highest BCUT2D eigenvalue weighted by molar-refractivity contribution is 6.66. The molecule has 0 aliphatic heterocycles. The molecule has 3 nitrogen and oxygen atoms in total. The molecule has 0 aromatic rings. The Bertz CT molecular complexity index is 382. The third-order valence-corrected chi connectivity index (χ3v) is 7.15. The molecule has 0 saturated carbocycles. The number of hydrogen-bond donors (Lipinski definition) is 0. The first kappa shape index (κ1) is 28.3. The Morgan fingerprint density at radius 1 is 0.517 bits per heavy atom. The van der Waals surface area contributed by atoms with Gasteiger partial charge in [-0.2, -0.15) is 0 Å². The summed E-state index contributed by atoms with van der Waals surface area (Å²) in [5.41, 5.74) is 2.08. The molecule has 0 saturated heterocycles. The smallest absolute Gasteiger partial charge is 0.370 e. The van der Waals surface area contributed by atoms with Gasteiger partial charge in [0.05, 0.1) is 0 Å². The molecule has 0 bridgehead atoms. The first-order chi connectivity index (χ1) is 14.2. The lowest BCUT2D eigenvalue weighted by Gasteiger charge is -2.27. The van der Waals surface area contributed by atoms with E-state index in [2.05, 4.69) is 26.5 Å². The summed E-state index contributed by atoms with van der Waals surface area (Å²) in [6, 6.07) is 0. The molecule has 0 amide bonds. The van der Waals surface area contributed by atoms with Crippen molar-refractivity contribution in [3.8, 4) is 0 Å². The molecule has 0 heterocycles. The summed E-state index contributed by atoms with van der Waals surface area (Å²) in [5.74, 6) is 0. The number of rotatable bonds is 21. The van der Waals surface area contributed by atoms with Crippen LogP contribution in [0.3, 0.4) is 0 Å². The van der Waals surface area contributed by atoms with E-state index < -0.39 is 8.80 Å². The van der Waals surface area contributed by atoms with E-state index in [0.29, 0.717) is 0 Å². The maximum absolute atomic E-state index is 6.35. The molecule has 0 aliphatic rings. The van der Waals surface area contributed by atoms with Gasteiger partial charge in [-0.25, -0.2) is 0 Å². The Morgan fingerprint density at radius 3 is 1.31 bits per heavy atom. The highest BCUT2D eigenvalue weighted by Crippen LogP contribution is 2.17. The van der Waals surface area contributed by atoms with Crippen molar-refractivity contribution < 1.29 is 13.3 Å². The molecule has 0 unspecified atom stereocenters. The maximum atomic E-state index is 6.35. The fraction of sp³-hybridized carbons (Fsp3) is 0.760. The first-order valence-corrected chi connectivity index (χ1v) is 13.9. The summed E-state index contributed by atoms with van der Waals surface area (Å²) in [7, 11) is -2.79. The number of allylic oxidation sites excluding steroid dienone is 5. The normalized spacial score (nSPS) is 12.8. The lowest BCUT2D eigenvalue weighted by molar-refractivity contribution is 0.0673. The maximum Gasteiger partial charge on any atom is 0.529 e. The summed E-state index contributed by atoms with van der Waals surface area (Å²) in [6.07, 6.45) is 24.5. The molecule has 0 radical (unpaired) electrons. The van der Waals surface area contributed by atoms with E-state index in [0.717, 1.165) is 39.1 Å². The second kappa shape index (κ2) is 22.0. The summed E-state index contributed by atoms with van der Waals surface area (Å²) in [5, 5.41) is 0. The van der Waals surface area contributed by atoms with Crippen LogP contribution in [0.1, 0.15) is 105 Å². The molecule has 0 aromatic carbocycles. The minimum Gasteiger partial charge on any atom is -0.370 e. The van der Waals surface area contributed by atoms with Crippen LogP contribution in [-0.4, -0.2) is 28.6 Å². The van der Waals surface area contributed by atoms with Gasteiger partial charge in [0.1, 0.15) is 0 Å². The fourth-order valence-electron chi connectivity index (χ4n) is 2.91. The van der Waals surface area contributed by atoms with Gasteiger partial charge in [0, 0.05) is 19.8 Å². The minimum atomic E-state index is -2.79. The highest BCUT2D eigenvalue weighted by atomic mass is 28.4. The summed E-state index contributed by atoms with van der Waals surface area (Å²) in [6.45, 7) is 10.9. The van der Waals surface area contributed by atoms with Crippen molar-refractivity contribution in [3.05, 3.63) is 36.1 Å². The molecular formula is C25H48O3Si. The molecule has 0 rings (SSSR count). The Kier molecular flexibility index (Phi) is 21.5. The van der Waals surface area contributed by atoms with Crippen LogP contribution in [0.15, 0.2) is 36.1 Å². The van der Waals surface area contributed by atoms with Crippen molar-refractivity contribution in [1.82, 2.24) is 0 Å². The summed E-state index contributed by atoms with van der Waals surface area (Å²) < 4.78 is 19.1. The number of unbranched alkanes of at least 4 members (excludes halogenated alkanes) is 9. The Labute approximate surface area is 183 Å². The zero-order valence-corrected chi connectivity index (χ0v) is 20.8. The van der Waals surface area contributed by atoms with Gasteiger partial charge in [0.15, 0.2) is 0 Å². The largest absolute Gasteiger partial charge is 0.529 e. The molecule has 4 heteroatoms. The van der Waals surface area contributed by atoms with Crippen molar-refractivity contribution in [2.75, 3.05) is 19.8 Å². The van der Waals surface area contributed by atoms with E-state index in [1.807, 2.05) is 37.3 Å². The van der Waals surface area contributed by atoms with Crippen molar-refractivity contribution in [2.24, 2.45) is 0 Å². The topological polar surface area (TPSA) is 27.7 Å². The van der Waals surface area contributed by atoms with Crippen LogP contribution in [0.4, 0.5) is 0 Å². The average Bonchev–Trinajstić information content (AvgIpc) is 2.73. The monoisotopic (exact) mass is 424 g/mol. The Balaban J connectivity index is 4.96. The van der Waals surface area contributed by atoms with Gasteiger partial charge < -0.3 is 13.3 Å². The van der Waals surface area contributed by atoms with Gasteiger partial charge in [0.2, 0.25) is 0 Å². The van der Waals surface area contributed by atoms with Gasteiger partial charge in [-0.1, -0.05) is 109 Å². The van der Waals surface area contributed by atoms with E-state index in [-0.39, 0.29) is 0 Å².